The Morgan fingerprint density at radius 2 is 1.83 bits per heavy atom. The average molecular weight is 479 g/mol. The molecule has 5 rings (SSSR count). The quantitative estimate of drug-likeness (QED) is 0.341. The number of benzene rings is 3. The molecule has 0 aliphatic carbocycles. The van der Waals surface area contributed by atoms with E-state index >= 15 is 0 Å². The van der Waals surface area contributed by atoms with Gasteiger partial charge in [-0.3, -0.25) is 9.79 Å². The number of aryl methyl sites for hydroxylation is 1. The van der Waals surface area contributed by atoms with Crippen LogP contribution in [0.3, 0.4) is 0 Å². The van der Waals surface area contributed by atoms with Crippen LogP contribution in [0.2, 0.25) is 0 Å². The number of nitrogens with zero attached hydrogens (tertiary/aromatic N) is 2. The number of allylic oxidation sites excluding steroid dienone is 1. The summed E-state index contributed by atoms with van der Waals surface area (Å²) in [7, 11) is 2.14. The number of para-hydroxylation sites is 1. The predicted molar refractivity (Wildman–Crippen MR) is 151 cm³/mol. The van der Waals surface area contributed by atoms with Gasteiger partial charge in [0.25, 0.3) is 0 Å². The molecule has 2 aliphatic heterocycles. The molecule has 3 aromatic carbocycles. The van der Waals surface area contributed by atoms with E-state index in [-0.39, 0.29) is 11.8 Å². The lowest BCUT2D eigenvalue weighted by Crippen LogP contribution is -2.25. The smallest absolute Gasteiger partial charge is 0.303 e. The highest BCUT2D eigenvalue weighted by Crippen LogP contribution is 2.47. The summed E-state index contributed by atoms with van der Waals surface area (Å²) >= 11 is 0. The number of hydrogen-bond donors (Lipinski definition) is 1. The van der Waals surface area contributed by atoms with Crippen LogP contribution in [0.25, 0.3) is 16.8 Å². The van der Waals surface area contributed by atoms with Gasteiger partial charge >= 0.3 is 5.97 Å². The third kappa shape index (κ3) is 4.60. The number of rotatable bonds is 8. The molecule has 0 amide bonds. The lowest BCUT2D eigenvalue weighted by molar-refractivity contribution is -0.137. The number of aliphatic carboxylic acids is 1. The molecule has 0 saturated heterocycles. The molecule has 0 atom stereocenters. The van der Waals surface area contributed by atoms with Gasteiger partial charge in [0.1, 0.15) is 0 Å². The fraction of sp³-hybridized carbons (Fsp3) is 0.312. The average Bonchev–Trinajstić information content (AvgIpc) is 3.13. The van der Waals surface area contributed by atoms with E-state index in [0.717, 1.165) is 43.6 Å². The molecule has 1 N–H and O–H groups in total. The molecule has 36 heavy (non-hydrogen) atoms. The van der Waals surface area contributed by atoms with E-state index in [1.165, 1.54) is 38.7 Å². The number of carboxylic acids is 1. The van der Waals surface area contributed by atoms with E-state index in [1.807, 2.05) is 0 Å². The van der Waals surface area contributed by atoms with Crippen LogP contribution in [-0.4, -0.2) is 30.4 Å². The molecule has 0 bridgehead atoms. The van der Waals surface area contributed by atoms with Crippen molar-refractivity contribution >= 4 is 39.9 Å². The monoisotopic (exact) mass is 478 g/mol. The minimum atomic E-state index is -0.716. The number of carboxylic acid groups (broad SMARTS) is 1. The molecular formula is C32H34N2O2. The number of anilines is 1. The van der Waals surface area contributed by atoms with Gasteiger partial charge in [-0.15, -0.1) is 0 Å². The number of unbranched alkanes of at least 4 members (excludes halogenated alkanes) is 2. The molecule has 0 spiro atoms. The Hall–Kier alpha value is -3.66. The molecule has 0 saturated carbocycles. The molecule has 4 nitrogen and oxygen atoms in total. The molecule has 0 aromatic heterocycles. The summed E-state index contributed by atoms with van der Waals surface area (Å²) in [6, 6.07) is 19.4. The summed E-state index contributed by atoms with van der Waals surface area (Å²) in [6.07, 6.45) is 10.5. The van der Waals surface area contributed by atoms with Crippen LogP contribution in [0.5, 0.6) is 0 Å². The van der Waals surface area contributed by atoms with Gasteiger partial charge in [-0.1, -0.05) is 68.8 Å². The second-order valence-electron chi connectivity index (χ2n) is 10.5. The number of carbonyl (C=O) groups is 1. The van der Waals surface area contributed by atoms with E-state index in [2.05, 4.69) is 98.6 Å². The van der Waals surface area contributed by atoms with Crippen LogP contribution in [-0.2, 0) is 16.6 Å². The predicted octanol–water partition coefficient (Wildman–Crippen LogP) is 7.48. The van der Waals surface area contributed by atoms with Crippen molar-refractivity contribution in [2.24, 2.45) is 4.99 Å². The van der Waals surface area contributed by atoms with Gasteiger partial charge in [0.2, 0.25) is 0 Å². The molecular weight excluding hydrogens is 444 g/mol. The summed E-state index contributed by atoms with van der Waals surface area (Å²) in [5.74, 6) is -0.716. The van der Waals surface area contributed by atoms with Crippen molar-refractivity contribution in [2.45, 2.75) is 51.4 Å². The molecule has 2 heterocycles. The number of fused-ring (bicyclic) bond motifs is 4. The Kier molecular flexibility index (Phi) is 6.53. The molecule has 3 aromatic rings. The summed E-state index contributed by atoms with van der Waals surface area (Å²) in [6.45, 7) is 5.43. The van der Waals surface area contributed by atoms with Crippen molar-refractivity contribution in [3.63, 3.8) is 0 Å². The maximum absolute atomic E-state index is 10.9. The maximum atomic E-state index is 10.9. The Morgan fingerprint density at radius 1 is 1.06 bits per heavy atom. The highest BCUT2D eigenvalue weighted by molar-refractivity contribution is 6.13. The van der Waals surface area contributed by atoms with Gasteiger partial charge in [-0.25, -0.2) is 0 Å². The largest absolute Gasteiger partial charge is 0.481 e. The fourth-order valence-corrected chi connectivity index (χ4v) is 5.60. The topological polar surface area (TPSA) is 52.9 Å². The third-order valence-corrected chi connectivity index (χ3v) is 7.50. The van der Waals surface area contributed by atoms with Crippen molar-refractivity contribution in [1.82, 2.24) is 0 Å². The highest BCUT2D eigenvalue weighted by Gasteiger charge is 2.36. The van der Waals surface area contributed by atoms with Gasteiger partial charge in [0, 0.05) is 31.1 Å². The minimum absolute atomic E-state index is 0.205. The lowest BCUT2D eigenvalue weighted by atomic mass is 9.78. The number of likely N-dealkylation sites (N-methyl/N-ethyl adjacent to an activating group) is 1. The third-order valence-electron chi connectivity index (χ3n) is 7.50. The number of aliphatic imine (C=N–C) groups is 1. The summed E-state index contributed by atoms with van der Waals surface area (Å²) in [5.41, 5.74) is 8.35. The molecule has 184 valence electrons. The minimum Gasteiger partial charge on any atom is -0.481 e. The second-order valence-corrected chi connectivity index (χ2v) is 10.5. The van der Waals surface area contributed by atoms with Crippen molar-refractivity contribution in [1.29, 1.82) is 0 Å². The first-order chi connectivity index (χ1) is 17.3. The van der Waals surface area contributed by atoms with E-state index in [0.29, 0.717) is 0 Å². The first-order valence-corrected chi connectivity index (χ1v) is 12.9. The van der Waals surface area contributed by atoms with E-state index in [4.69, 9.17) is 10.1 Å². The zero-order chi connectivity index (χ0) is 25.3. The van der Waals surface area contributed by atoms with Crippen molar-refractivity contribution in [3.05, 3.63) is 89.0 Å². The summed E-state index contributed by atoms with van der Waals surface area (Å²) in [4.78, 5) is 18.4. The normalized spacial score (nSPS) is 16.1. The van der Waals surface area contributed by atoms with Crippen LogP contribution in [0.15, 0.2) is 77.3 Å². The zero-order valence-electron chi connectivity index (χ0n) is 21.4. The van der Waals surface area contributed by atoms with Crippen LogP contribution in [0, 0.1) is 0 Å². The van der Waals surface area contributed by atoms with E-state index < -0.39 is 5.97 Å². The van der Waals surface area contributed by atoms with Gasteiger partial charge < -0.3 is 10.0 Å². The molecule has 0 radical (unpaired) electrons. The van der Waals surface area contributed by atoms with Crippen LogP contribution >= 0.6 is 0 Å². The Balaban J connectivity index is 1.46. The first kappa shape index (κ1) is 24.1. The van der Waals surface area contributed by atoms with Gasteiger partial charge in [0.05, 0.1) is 11.4 Å². The van der Waals surface area contributed by atoms with Gasteiger partial charge in [-0.2, -0.15) is 0 Å². The zero-order valence-corrected chi connectivity index (χ0v) is 21.4. The van der Waals surface area contributed by atoms with Crippen molar-refractivity contribution < 1.29 is 9.90 Å². The first-order valence-electron chi connectivity index (χ1n) is 12.9. The maximum Gasteiger partial charge on any atom is 0.303 e. The lowest BCUT2D eigenvalue weighted by Gasteiger charge is -2.27. The van der Waals surface area contributed by atoms with E-state index in [1.54, 1.807) is 0 Å². The molecule has 4 heteroatoms. The number of hydrogen-bond acceptors (Lipinski definition) is 3. The van der Waals surface area contributed by atoms with Gasteiger partial charge in [0.15, 0.2) is 0 Å². The summed E-state index contributed by atoms with van der Waals surface area (Å²) < 4.78 is 0. The summed E-state index contributed by atoms with van der Waals surface area (Å²) in [5, 5.41) is 11.5. The fourth-order valence-electron chi connectivity index (χ4n) is 5.60. The standard InChI is InChI=1S/C32H34N2O2/c1-32(2)28(18-17-22-19-24-12-8-10-15-27(24)34(3)21-22)33-31-25(13-5-4-6-16-29(35)36)20-23-11-7-9-14-26(23)30(31)32/h7-12,14-15,17-20H,4-6,13,16,21H2,1-3H3,(H,35,36). The Bertz CT molecular complexity index is 1410. The van der Waals surface area contributed by atoms with Crippen molar-refractivity contribution in [3.8, 4) is 0 Å². The highest BCUT2D eigenvalue weighted by atomic mass is 16.4. The van der Waals surface area contributed by atoms with Crippen LogP contribution in [0.4, 0.5) is 11.4 Å². The Morgan fingerprint density at radius 3 is 2.67 bits per heavy atom. The van der Waals surface area contributed by atoms with Crippen LogP contribution in [0.1, 0.15) is 56.2 Å². The Labute approximate surface area is 213 Å². The SMILES string of the molecule is CN1CC(C=CC2=Nc3c(CCCCCC(=O)O)cc4ccccc4c3C2(C)C)=Cc2ccccc21. The second kappa shape index (κ2) is 9.77. The molecule has 0 fully saturated rings. The van der Waals surface area contributed by atoms with E-state index in [9.17, 15) is 4.79 Å². The molecule has 2 aliphatic rings. The van der Waals surface area contributed by atoms with Gasteiger partial charge in [-0.05, 0) is 76.6 Å². The van der Waals surface area contributed by atoms with Crippen LogP contribution < -0.4 is 4.90 Å². The molecule has 0 unspecified atom stereocenters. The van der Waals surface area contributed by atoms with Crippen molar-refractivity contribution in [2.75, 3.05) is 18.5 Å².